The van der Waals surface area contributed by atoms with Crippen LogP contribution in [0.25, 0.3) is 0 Å². The maximum atomic E-state index is 13.2. The van der Waals surface area contributed by atoms with Crippen LogP contribution in [0.1, 0.15) is 35.5 Å². The lowest BCUT2D eigenvalue weighted by Crippen LogP contribution is -2.45. The van der Waals surface area contributed by atoms with Crippen molar-refractivity contribution in [2.24, 2.45) is 7.05 Å². The number of methoxy groups -OCH3 is 1. The molecule has 0 bridgehead atoms. The van der Waals surface area contributed by atoms with Crippen molar-refractivity contribution < 1.29 is 9.53 Å². The molecule has 7 nitrogen and oxygen atoms in total. The first-order valence-electron chi connectivity index (χ1n) is 9.74. The molecule has 0 spiro atoms. The van der Waals surface area contributed by atoms with E-state index in [-0.39, 0.29) is 11.9 Å². The van der Waals surface area contributed by atoms with E-state index in [4.69, 9.17) is 16.3 Å². The molecule has 1 aromatic heterocycles. The van der Waals surface area contributed by atoms with Crippen molar-refractivity contribution in [2.45, 2.75) is 24.5 Å². The van der Waals surface area contributed by atoms with Gasteiger partial charge in [-0.25, -0.2) is 15.8 Å². The van der Waals surface area contributed by atoms with Crippen LogP contribution in [0, 0.1) is 0 Å². The molecule has 2 aromatic carbocycles. The van der Waals surface area contributed by atoms with Gasteiger partial charge in [0.05, 0.1) is 7.11 Å². The van der Waals surface area contributed by atoms with Crippen LogP contribution in [0.2, 0.25) is 5.02 Å². The van der Waals surface area contributed by atoms with Crippen molar-refractivity contribution in [3.63, 3.8) is 0 Å². The third-order valence-corrected chi connectivity index (χ3v) is 5.56. The average Bonchev–Trinajstić information content (AvgIpc) is 3.41. The fourth-order valence-electron chi connectivity index (χ4n) is 3.75. The number of aromatic nitrogens is 2. The minimum Gasteiger partial charge on any atom is -0.496 e. The van der Waals surface area contributed by atoms with Crippen LogP contribution in [0.4, 0.5) is 0 Å². The van der Waals surface area contributed by atoms with E-state index in [9.17, 15) is 4.79 Å². The lowest BCUT2D eigenvalue weighted by atomic mass is 10.0. The predicted molar refractivity (Wildman–Crippen MR) is 115 cm³/mol. The number of hydrogen-bond acceptors (Lipinski definition) is 5. The second kappa shape index (κ2) is 8.87. The van der Waals surface area contributed by atoms with Gasteiger partial charge in [-0.3, -0.25) is 4.79 Å². The number of aryl methyl sites for hydroxylation is 1. The summed E-state index contributed by atoms with van der Waals surface area (Å²) in [7, 11) is 3.52. The van der Waals surface area contributed by atoms with Gasteiger partial charge in [-0.1, -0.05) is 41.9 Å². The topological polar surface area (TPSA) is 80.2 Å². The number of imidazole rings is 1. The summed E-state index contributed by atoms with van der Waals surface area (Å²) >= 11 is 6.11. The summed E-state index contributed by atoms with van der Waals surface area (Å²) in [4.78, 5) is 17.6. The molecular weight excluding hydrogens is 402 g/mol. The second-order valence-corrected chi connectivity index (χ2v) is 7.70. The van der Waals surface area contributed by atoms with Crippen LogP contribution < -0.4 is 20.9 Å². The molecule has 1 aliphatic rings. The normalized spacial score (nSPS) is 19.4. The first-order chi connectivity index (χ1) is 14.6. The number of hydrazine groups is 1. The number of hydrogen-bond donors (Lipinski definition) is 3. The predicted octanol–water partition coefficient (Wildman–Crippen LogP) is 2.90. The third kappa shape index (κ3) is 4.18. The van der Waals surface area contributed by atoms with Crippen LogP contribution in [0.15, 0.2) is 60.9 Å². The minimum absolute atomic E-state index is 0.00248. The number of halogens is 1. The summed E-state index contributed by atoms with van der Waals surface area (Å²) in [6, 6.07) is 14.4. The van der Waals surface area contributed by atoms with Crippen LogP contribution >= 0.6 is 11.6 Å². The molecule has 1 aliphatic heterocycles. The second-order valence-electron chi connectivity index (χ2n) is 7.26. The summed E-state index contributed by atoms with van der Waals surface area (Å²) in [6.45, 7) is 0. The van der Waals surface area contributed by atoms with Crippen molar-refractivity contribution in [3.05, 3.63) is 82.9 Å². The Morgan fingerprint density at radius 2 is 2.10 bits per heavy atom. The van der Waals surface area contributed by atoms with Gasteiger partial charge in [-0.05, 0) is 30.2 Å². The highest BCUT2D eigenvalue weighted by Crippen LogP contribution is 2.30. The highest BCUT2D eigenvalue weighted by atomic mass is 35.5. The first kappa shape index (κ1) is 20.4. The standard InChI is InChI=1S/C22H24ClN5O2/c1-28-11-10-24-21(28)20(16-8-3-4-9-19(16)30-2)25-22(29)18-13-17(26-27-18)14-6-5-7-15(23)12-14/h3-12,17-18,20,26-27H,13H2,1-2H3,(H,25,29). The first-order valence-corrected chi connectivity index (χ1v) is 10.1. The third-order valence-electron chi connectivity index (χ3n) is 5.32. The number of carbonyl (C=O) groups is 1. The zero-order chi connectivity index (χ0) is 21.1. The summed E-state index contributed by atoms with van der Waals surface area (Å²) in [5.41, 5.74) is 8.19. The summed E-state index contributed by atoms with van der Waals surface area (Å²) in [5, 5.41) is 3.82. The molecule has 0 saturated carbocycles. The molecule has 3 aromatic rings. The Balaban J connectivity index is 1.55. The molecular formula is C22H24ClN5O2. The van der Waals surface area contributed by atoms with E-state index < -0.39 is 12.1 Å². The van der Waals surface area contributed by atoms with E-state index in [0.717, 1.165) is 17.0 Å². The molecule has 0 aliphatic carbocycles. The molecule has 3 atom stereocenters. The number of ether oxygens (including phenoxy) is 1. The molecule has 1 saturated heterocycles. The Bertz CT molecular complexity index is 1040. The number of benzene rings is 2. The molecule has 2 heterocycles. The van der Waals surface area contributed by atoms with Gasteiger partial charge in [0.2, 0.25) is 5.91 Å². The summed E-state index contributed by atoms with van der Waals surface area (Å²) in [5.74, 6) is 1.30. The Hall–Kier alpha value is -2.87. The molecule has 156 valence electrons. The summed E-state index contributed by atoms with van der Waals surface area (Å²) in [6.07, 6.45) is 4.17. The van der Waals surface area contributed by atoms with E-state index >= 15 is 0 Å². The largest absolute Gasteiger partial charge is 0.496 e. The van der Waals surface area contributed by atoms with E-state index in [1.807, 2.05) is 66.3 Å². The number of rotatable bonds is 6. The van der Waals surface area contributed by atoms with Gasteiger partial charge in [-0.15, -0.1) is 0 Å². The Morgan fingerprint density at radius 1 is 1.27 bits per heavy atom. The quantitative estimate of drug-likeness (QED) is 0.566. The van der Waals surface area contributed by atoms with Gasteiger partial charge in [0.1, 0.15) is 23.7 Å². The number of amides is 1. The Kier molecular flexibility index (Phi) is 6.03. The molecule has 4 rings (SSSR count). The van der Waals surface area contributed by atoms with Gasteiger partial charge in [0.15, 0.2) is 0 Å². The monoisotopic (exact) mass is 425 g/mol. The zero-order valence-corrected chi connectivity index (χ0v) is 17.6. The number of nitrogens with one attached hydrogen (secondary N) is 3. The molecule has 8 heteroatoms. The van der Waals surface area contributed by atoms with Gasteiger partial charge in [-0.2, -0.15) is 0 Å². The van der Waals surface area contributed by atoms with Gasteiger partial charge in [0, 0.05) is 36.1 Å². The van der Waals surface area contributed by atoms with Gasteiger partial charge in [0.25, 0.3) is 0 Å². The number of nitrogens with zero attached hydrogens (tertiary/aromatic N) is 2. The molecule has 30 heavy (non-hydrogen) atoms. The van der Waals surface area contributed by atoms with Crippen LogP contribution in [-0.2, 0) is 11.8 Å². The van der Waals surface area contributed by atoms with E-state index in [0.29, 0.717) is 17.2 Å². The zero-order valence-electron chi connectivity index (χ0n) is 16.8. The molecule has 3 N–H and O–H groups in total. The average molecular weight is 426 g/mol. The van der Waals surface area contributed by atoms with E-state index in [2.05, 4.69) is 21.2 Å². The lowest BCUT2D eigenvalue weighted by Gasteiger charge is -2.22. The van der Waals surface area contributed by atoms with Crippen molar-refractivity contribution in [1.29, 1.82) is 0 Å². The molecule has 1 amide bonds. The van der Waals surface area contributed by atoms with Crippen LogP contribution in [0.5, 0.6) is 5.75 Å². The van der Waals surface area contributed by atoms with Crippen molar-refractivity contribution in [2.75, 3.05) is 7.11 Å². The Labute approximate surface area is 180 Å². The van der Waals surface area contributed by atoms with Gasteiger partial charge < -0.3 is 14.6 Å². The minimum atomic E-state index is -0.444. The SMILES string of the molecule is COc1ccccc1C(NC(=O)C1CC(c2cccc(Cl)c2)NN1)c1nccn1C. The molecule has 3 unspecified atom stereocenters. The summed E-state index contributed by atoms with van der Waals surface area (Å²) < 4.78 is 7.42. The fourth-order valence-corrected chi connectivity index (χ4v) is 3.95. The van der Waals surface area contributed by atoms with Crippen LogP contribution in [-0.4, -0.2) is 28.6 Å². The van der Waals surface area contributed by atoms with Crippen molar-refractivity contribution in [1.82, 2.24) is 25.7 Å². The Morgan fingerprint density at radius 3 is 2.83 bits per heavy atom. The smallest absolute Gasteiger partial charge is 0.239 e. The lowest BCUT2D eigenvalue weighted by molar-refractivity contribution is -0.123. The van der Waals surface area contributed by atoms with Gasteiger partial charge >= 0.3 is 0 Å². The highest BCUT2D eigenvalue weighted by molar-refractivity contribution is 6.30. The highest BCUT2D eigenvalue weighted by Gasteiger charge is 2.33. The van der Waals surface area contributed by atoms with E-state index in [1.54, 1.807) is 13.3 Å². The maximum Gasteiger partial charge on any atom is 0.239 e. The van der Waals surface area contributed by atoms with Crippen molar-refractivity contribution >= 4 is 17.5 Å². The van der Waals surface area contributed by atoms with E-state index in [1.165, 1.54) is 0 Å². The maximum absolute atomic E-state index is 13.2. The number of carbonyl (C=O) groups excluding carboxylic acids is 1. The molecule has 0 radical (unpaired) electrons. The molecule has 1 fully saturated rings. The van der Waals surface area contributed by atoms with Crippen LogP contribution in [0.3, 0.4) is 0 Å². The fraction of sp³-hybridized carbons (Fsp3) is 0.273. The van der Waals surface area contributed by atoms with Crippen molar-refractivity contribution in [3.8, 4) is 5.75 Å². The number of para-hydroxylation sites is 1.